The first kappa shape index (κ1) is 18.3. The van der Waals surface area contributed by atoms with E-state index in [0.29, 0.717) is 22.0 Å². The number of carbonyl (C=O) groups is 1. The molecule has 1 N–H and O–H groups in total. The number of nitrogens with zero attached hydrogens (tertiary/aromatic N) is 1. The molecule has 0 aliphatic heterocycles. The highest BCUT2D eigenvalue weighted by atomic mass is 32.1. The highest BCUT2D eigenvalue weighted by Gasteiger charge is 2.25. The van der Waals surface area contributed by atoms with Crippen molar-refractivity contribution in [1.29, 1.82) is 5.26 Å². The van der Waals surface area contributed by atoms with E-state index >= 15 is 0 Å². The third-order valence-corrected chi connectivity index (χ3v) is 5.80. The third-order valence-electron chi connectivity index (χ3n) is 4.63. The number of amides is 1. The van der Waals surface area contributed by atoms with Gasteiger partial charge >= 0.3 is 6.61 Å². The molecule has 3 rings (SSSR count). The first-order valence-electron chi connectivity index (χ1n) is 8.42. The normalized spacial score (nSPS) is 16.0. The van der Waals surface area contributed by atoms with E-state index in [1.807, 2.05) is 0 Å². The van der Waals surface area contributed by atoms with Crippen LogP contribution in [0.1, 0.15) is 46.1 Å². The zero-order chi connectivity index (χ0) is 18.7. The Morgan fingerprint density at radius 2 is 2.15 bits per heavy atom. The van der Waals surface area contributed by atoms with Crippen molar-refractivity contribution < 1.29 is 18.3 Å². The van der Waals surface area contributed by atoms with Crippen molar-refractivity contribution in [3.05, 3.63) is 45.8 Å². The van der Waals surface area contributed by atoms with Crippen LogP contribution in [0.2, 0.25) is 0 Å². The monoisotopic (exact) mass is 376 g/mol. The summed E-state index contributed by atoms with van der Waals surface area (Å²) in [6.45, 7) is -0.740. The predicted octanol–water partition coefficient (Wildman–Crippen LogP) is 4.99. The van der Waals surface area contributed by atoms with Crippen LogP contribution in [0.4, 0.5) is 13.8 Å². The van der Waals surface area contributed by atoms with Crippen LogP contribution >= 0.6 is 11.3 Å². The van der Waals surface area contributed by atoms with Gasteiger partial charge in [-0.05, 0) is 55.0 Å². The lowest BCUT2D eigenvalue weighted by Crippen LogP contribution is -2.13. The summed E-state index contributed by atoms with van der Waals surface area (Å²) in [6, 6.07) is 7.68. The molecule has 0 radical (unpaired) electrons. The van der Waals surface area contributed by atoms with Crippen LogP contribution in [0.15, 0.2) is 24.3 Å². The lowest BCUT2D eigenvalue weighted by molar-refractivity contribution is -0.0498. The summed E-state index contributed by atoms with van der Waals surface area (Å²) in [5, 5.41) is 12.9. The van der Waals surface area contributed by atoms with Gasteiger partial charge in [-0.15, -0.1) is 11.3 Å². The van der Waals surface area contributed by atoms with Gasteiger partial charge in [-0.3, -0.25) is 4.79 Å². The fourth-order valence-electron chi connectivity index (χ4n) is 3.17. The van der Waals surface area contributed by atoms with E-state index in [2.05, 4.69) is 23.0 Å². The number of hydrogen-bond acceptors (Lipinski definition) is 4. The second-order valence-corrected chi connectivity index (χ2v) is 7.30. The maximum atomic E-state index is 12.4. The molecule has 26 heavy (non-hydrogen) atoms. The number of alkyl halides is 2. The van der Waals surface area contributed by atoms with Gasteiger partial charge in [-0.1, -0.05) is 13.3 Å². The SMILES string of the molecule is CCC1CCc2c(sc(NC(=O)c3ccc(OC(F)F)cc3)c2C#N)C1. The molecule has 1 aliphatic carbocycles. The summed E-state index contributed by atoms with van der Waals surface area (Å²) in [5.41, 5.74) is 1.91. The Bertz CT molecular complexity index is 840. The molecule has 0 fully saturated rings. The number of anilines is 1. The average molecular weight is 376 g/mol. The number of benzene rings is 1. The summed E-state index contributed by atoms with van der Waals surface area (Å²) in [4.78, 5) is 13.6. The minimum atomic E-state index is -2.91. The molecule has 1 amide bonds. The van der Waals surface area contributed by atoms with Crippen LogP contribution in [0.5, 0.6) is 5.75 Å². The largest absolute Gasteiger partial charge is 0.435 e. The van der Waals surface area contributed by atoms with Crippen LogP contribution < -0.4 is 10.1 Å². The Morgan fingerprint density at radius 1 is 1.42 bits per heavy atom. The third kappa shape index (κ3) is 3.86. The van der Waals surface area contributed by atoms with Crippen molar-refractivity contribution in [1.82, 2.24) is 0 Å². The number of carbonyl (C=O) groups excluding carboxylic acids is 1. The van der Waals surface area contributed by atoms with Gasteiger partial charge in [-0.2, -0.15) is 14.0 Å². The zero-order valence-electron chi connectivity index (χ0n) is 14.2. The van der Waals surface area contributed by atoms with Crippen LogP contribution in [0, 0.1) is 17.2 Å². The molecular formula is C19H18F2N2O2S. The van der Waals surface area contributed by atoms with Crippen molar-refractivity contribution in [2.45, 2.75) is 39.2 Å². The topological polar surface area (TPSA) is 62.1 Å². The molecule has 1 aromatic carbocycles. The molecule has 136 valence electrons. The molecule has 1 atom stereocenters. The van der Waals surface area contributed by atoms with Crippen LogP contribution in [-0.2, 0) is 12.8 Å². The minimum Gasteiger partial charge on any atom is -0.435 e. The average Bonchev–Trinajstić information content (AvgIpc) is 2.97. The van der Waals surface area contributed by atoms with Gasteiger partial charge in [0.15, 0.2) is 0 Å². The fourth-order valence-corrected chi connectivity index (χ4v) is 4.48. The quantitative estimate of drug-likeness (QED) is 0.800. The highest BCUT2D eigenvalue weighted by molar-refractivity contribution is 7.16. The first-order chi connectivity index (χ1) is 12.5. The Balaban J connectivity index is 1.77. The number of ether oxygens (including phenoxy) is 1. The molecule has 1 aromatic heterocycles. The van der Waals surface area contributed by atoms with Crippen LogP contribution in [0.3, 0.4) is 0 Å². The van der Waals surface area contributed by atoms with Crippen molar-refractivity contribution in [2.75, 3.05) is 5.32 Å². The van der Waals surface area contributed by atoms with E-state index < -0.39 is 6.61 Å². The van der Waals surface area contributed by atoms with E-state index in [1.165, 1.54) is 40.5 Å². The van der Waals surface area contributed by atoms with Crippen molar-refractivity contribution in [2.24, 2.45) is 5.92 Å². The molecule has 1 aliphatic rings. The smallest absolute Gasteiger partial charge is 0.387 e. The Labute approximate surface area is 154 Å². The Morgan fingerprint density at radius 3 is 2.77 bits per heavy atom. The van der Waals surface area contributed by atoms with Crippen LogP contribution in [0.25, 0.3) is 0 Å². The molecule has 2 aromatic rings. The zero-order valence-corrected chi connectivity index (χ0v) is 15.0. The lowest BCUT2D eigenvalue weighted by atomic mass is 9.86. The molecule has 0 spiro atoms. The fraction of sp³-hybridized carbons (Fsp3) is 0.368. The molecular weight excluding hydrogens is 358 g/mol. The second-order valence-electron chi connectivity index (χ2n) is 6.19. The summed E-state index contributed by atoms with van der Waals surface area (Å²) in [7, 11) is 0. The maximum Gasteiger partial charge on any atom is 0.387 e. The standard InChI is InChI=1S/C19H18F2N2O2S/c1-2-11-3-8-14-15(10-22)18(26-16(14)9-11)23-17(24)12-4-6-13(7-5-12)25-19(20)21/h4-7,11,19H,2-3,8-9H2,1H3,(H,23,24). The lowest BCUT2D eigenvalue weighted by Gasteiger charge is -2.20. The van der Waals surface area contributed by atoms with Crippen LogP contribution in [-0.4, -0.2) is 12.5 Å². The number of hydrogen-bond donors (Lipinski definition) is 1. The number of rotatable bonds is 5. The minimum absolute atomic E-state index is 0.00791. The van der Waals surface area contributed by atoms with E-state index in [1.54, 1.807) is 0 Å². The molecule has 4 nitrogen and oxygen atoms in total. The molecule has 0 bridgehead atoms. The van der Waals surface area contributed by atoms with Crippen molar-refractivity contribution in [3.63, 3.8) is 0 Å². The number of thiophene rings is 1. The Kier molecular flexibility index (Phi) is 5.52. The molecule has 0 saturated heterocycles. The van der Waals surface area contributed by atoms with Gasteiger partial charge in [0.1, 0.15) is 16.8 Å². The Hall–Kier alpha value is -2.46. The number of nitriles is 1. The van der Waals surface area contributed by atoms with E-state index in [-0.39, 0.29) is 11.7 Å². The van der Waals surface area contributed by atoms with Gasteiger partial charge in [-0.25, -0.2) is 0 Å². The number of nitrogens with one attached hydrogen (secondary N) is 1. The molecule has 1 unspecified atom stereocenters. The van der Waals surface area contributed by atoms with Gasteiger partial charge in [0.05, 0.1) is 5.56 Å². The number of halogens is 2. The first-order valence-corrected chi connectivity index (χ1v) is 9.24. The van der Waals surface area contributed by atoms with E-state index in [4.69, 9.17) is 0 Å². The molecule has 0 saturated carbocycles. The maximum absolute atomic E-state index is 12.4. The van der Waals surface area contributed by atoms with Gasteiger partial charge in [0.25, 0.3) is 5.91 Å². The van der Waals surface area contributed by atoms with Gasteiger partial charge in [0, 0.05) is 10.4 Å². The highest BCUT2D eigenvalue weighted by Crippen LogP contribution is 2.40. The van der Waals surface area contributed by atoms with Gasteiger partial charge < -0.3 is 10.1 Å². The number of fused-ring (bicyclic) bond motifs is 1. The van der Waals surface area contributed by atoms with Crippen molar-refractivity contribution in [3.8, 4) is 11.8 Å². The predicted molar refractivity (Wildman–Crippen MR) is 95.9 cm³/mol. The second kappa shape index (κ2) is 7.83. The molecule has 1 heterocycles. The summed E-state index contributed by atoms with van der Waals surface area (Å²) in [5.74, 6) is 0.237. The van der Waals surface area contributed by atoms with E-state index in [9.17, 15) is 18.8 Å². The van der Waals surface area contributed by atoms with Crippen molar-refractivity contribution >= 4 is 22.2 Å². The van der Waals surface area contributed by atoms with E-state index in [0.717, 1.165) is 31.2 Å². The summed E-state index contributed by atoms with van der Waals surface area (Å²) in [6.07, 6.45) is 3.98. The van der Waals surface area contributed by atoms with Gasteiger partial charge in [0.2, 0.25) is 0 Å². The summed E-state index contributed by atoms with van der Waals surface area (Å²) < 4.78 is 28.6. The molecule has 7 heteroatoms. The summed E-state index contributed by atoms with van der Waals surface area (Å²) >= 11 is 1.46.